The summed E-state index contributed by atoms with van der Waals surface area (Å²) >= 11 is 0. The molecule has 0 saturated carbocycles. The van der Waals surface area contributed by atoms with Crippen LogP contribution < -0.4 is 38.1 Å². The van der Waals surface area contributed by atoms with Gasteiger partial charge in [-0.2, -0.15) is 0 Å². The molecule has 9 N–H and O–H groups in total. The molecule has 0 aromatic carbocycles. The van der Waals surface area contributed by atoms with Crippen LogP contribution in [0.15, 0.2) is 11.6 Å². The van der Waals surface area contributed by atoms with Gasteiger partial charge in [0.25, 0.3) is 0 Å². The third-order valence-corrected chi connectivity index (χ3v) is 6.82. The van der Waals surface area contributed by atoms with Crippen molar-refractivity contribution in [3.8, 4) is 0 Å². The lowest BCUT2D eigenvalue weighted by Crippen LogP contribution is -2.48. The summed E-state index contributed by atoms with van der Waals surface area (Å²) in [5, 5.41) is 13.2. The highest BCUT2D eigenvalue weighted by Crippen LogP contribution is 2.06. The van der Waals surface area contributed by atoms with Gasteiger partial charge < -0.3 is 43.0 Å². The van der Waals surface area contributed by atoms with Crippen molar-refractivity contribution >= 4 is 47.3 Å². The van der Waals surface area contributed by atoms with E-state index in [0.29, 0.717) is 63.6 Å². The second-order valence-corrected chi connectivity index (χ2v) is 11.1. The molecule has 0 fully saturated rings. The summed E-state index contributed by atoms with van der Waals surface area (Å²) < 4.78 is 0. The molecule has 46 heavy (non-hydrogen) atoms. The second-order valence-electron chi connectivity index (χ2n) is 11.1. The minimum absolute atomic E-state index is 0.103. The zero-order chi connectivity index (χ0) is 35.1. The lowest BCUT2D eigenvalue weighted by molar-refractivity contribution is -0.139. The molecular weight excluding hydrogens is 600 g/mol. The first kappa shape index (κ1) is 41.5. The summed E-state index contributed by atoms with van der Waals surface area (Å²) in [7, 11) is 0. The van der Waals surface area contributed by atoms with E-state index in [1.807, 2.05) is 0 Å². The van der Waals surface area contributed by atoms with E-state index >= 15 is 0 Å². The quantitative estimate of drug-likeness (QED) is 0.0475. The fourth-order valence-electron chi connectivity index (χ4n) is 4.06. The molecular formula is C30H52N8O8. The Hall–Kier alpha value is -4.50. The first-order valence-corrected chi connectivity index (χ1v) is 15.5. The maximum absolute atomic E-state index is 13.1. The van der Waals surface area contributed by atoms with Gasteiger partial charge in [0.2, 0.25) is 47.3 Å². The van der Waals surface area contributed by atoms with Crippen LogP contribution in [0.3, 0.4) is 0 Å². The summed E-state index contributed by atoms with van der Waals surface area (Å²) in [5.74, 6) is -3.87. The average Bonchev–Trinajstić information content (AvgIpc) is 2.97. The fourth-order valence-corrected chi connectivity index (χ4v) is 4.06. The Balaban J connectivity index is 5.12. The molecule has 0 aromatic heterocycles. The van der Waals surface area contributed by atoms with Gasteiger partial charge in [0.05, 0.1) is 0 Å². The number of unbranched alkanes of at least 4 members (excludes halogenated alkanes) is 2. The molecule has 0 unspecified atom stereocenters. The molecule has 0 aliphatic heterocycles. The number of nitrogens with zero attached hydrogens (tertiary/aromatic N) is 1. The van der Waals surface area contributed by atoms with Gasteiger partial charge in [0.1, 0.15) is 19.1 Å². The number of carbonyl (C=O) groups is 8. The van der Waals surface area contributed by atoms with Gasteiger partial charge in [-0.05, 0) is 45.4 Å². The van der Waals surface area contributed by atoms with E-state index < -0.39 is 60.5 Å². The summed E-state index contributed by atoms with van der Waals surface area (Å²) in [6, 6.07) is -0.837. The number of primary amides is 2. The van der Waals surface area contributed by atoms with Crippen molar-refractivity contribution in [2.75, 3.05) is 39.3 Å². The summed E-state index contributed by atoms with van der Waals surface area (Å²) in [6.07, 6.45) is 5.00. The van der Waals surface area contributed by atoms with Crippen molar-refractivity contribution in [2.45, 2.75) is 85.1 Å². The standard InChI is InChI=1S/C30H52N8O8/c1-20(28(31)44)10-5-7-15-34-25(41)18-38(19-26(42)35-16-9-11-21(2)29(32)45)27(43)13-17-36-30(46)24(37-23(4)40)12-6-8-14-33-22(3)39/h11,20,24H,5-10,12-19H2,1-4H3,(H2,31,44)(H2,32,45)(H,33,39)(H,34,41)(H,35,42)(H,36,46)(H,37,40)/b21-11-/t20-,24-/m0/s1. The van der Waals surface area contributed by atoms with E-state index in [2.05, 4.69) is 26.6 Å². The van der Waals surface area contributed by atoms with Crippen molar-refractivity contribution in [1.82, 2.24) is 31.5 Å². The molecule has 0 aliphatic carbocycles. The maximum Gasteiger partial charge on any atom is 0.244 e. The molecule has 0 spiro atoms. The zero-order valence-electron chi connectivity index (χ0n) is 27.5. The average molecular weight is 653 g/mol. The number of rotatable bonds is 24. The number of hydrogen-bond donors (Lipinski definition) is 7. The molecule has 0 radical (unpaired) electrons. The molecule has 0 rings (SSSR count). The van der Waals surface area contributed by atoms with E-state index in [1.54, 1.807) is 19.9 Å². The number of hydrogen-bond acceptors (Lipinski definition) is 8. The van der Waals surface area contributed by atoms with Crippen molar-refractivity contribution in [1.29, 1.82) is 0 Å². The van der Waals surface area contributed by atoms with Crippen LogP contribution in [0.1, 0.15) is 79.1 Å². The molecule has 16 nitrogen and oxygen atoms in total. The van der Waals surface area contributed by atoms with Crippen LogP contribution in [0, 0.1) is 5.92 Å². The third kappa shape index (κ3) is 21.2. The van der Waals surface area contributed by atoms with Crippen molar-refractivity contribution in [3.05, 3.63) is 11.6 Å². The van der Waals surface area contributed by atoms with Gasteiger partial charge in [-0.3, -0.25) is 38.4 Å². The SMILES string of the molecule is CC(=O)NCCCC[C@H](NC(C)=O)C(=O)NCCC(=O)N(CC(=O)NCC/C=C(/C)C(N)=O)CC(=O)NCCCC[C@H](C)C(N)=O. The number of nitrogens with two attached hydrogens (primary N) is 2. The Labute approximate surface area is 270 Å². The molecule has 0 saturated heterocycles. The van der Waals surface area contributed by atoms with Gasteiger partial charge in [-0.25, -0.2) is 0 Å². The Bertz CT molecular complexity index is 1090. The van der Waals surface area contributed by atoms with Gasteiger partial charge >= 0.3 is 0 Å². The highest BCUT2D eigenvalue weighted by Gasteiger charge is 2.22. The van der Waals surface area contributed by atoms with Gasteiger partial charge in [0, 0.05) is 57.9 Å². The first-order chi connectivity index (χ1) is 21.6. The Kier molecular flexibility index (Phi) is 21.5. The molecule has 260 valence electrons. The van der Waals surface area contributed by atoms with E-state index in [9.17, 15) is 38.4 Å². The summed E-state index contributed by atoms with van der Waals surface area (Å²) in [6.45, 7) is 5.95. The van der Waals surface area contributed by atoms with Crippen LogP contribution in [-0.4, -0.2) is 97.5 Å². The van der Waals surface area contributed by atoms with E-state index in [0.717, 1.165) is 4.90 Å². The minimum atomic E-state index is -0.837. The molecule has 0 bridgehead atoms. The summed E-state index contributed by atoms with van der Waals surface area (Å²) in [4.78, 5) is 97.0. The van der Waals surface area contributed by atoms with Crippen LogP contribution >= 0.6 is 0 Å². The van der Waals surface area contributed by atoms with Crippen molar-refractivity contribution in [2.24, 2.45) is 17.4 Å². The second kappa shape index (κ2) is 23.8. The topological polar surface area (TPSA) is 252 Å². The number of nitrogens with one attached hydrogen (secondary N) is 5. The van der Waals surface area contributed by atoms with Crippen LogP contribution in [-0.2, 0) is 38.4 Å². The Morgan fingerprint density at radius 2 is 1.26 bits per heavy atom. The Morgan fingerprint density at radius 1 is 0.696 bits per heavy atom. The molecule has 0 aliphatic rings. The van der Waals surface area contributed by atoms with Crippen LogP contribution in [0.25, 0.3) is 0 Å². The Morgan fingerprint density at radius 3 is 1.80 bits per heavy atom. The molecule has 0 heterocycles. The highest BCUT2D eigenvalue weighted by atomic mass is 16.2. The molecule has 0 aromatic rings. The third-order valence-electron chi connectivity index (χ3n) is 6.82. The van der Waals surface area contributed by atoms with E-state index in [4.69, 9.17) is 11.5 Å². The van der Waals surface area contributed by atoms with Crippen LogP contribution in [0.5, 0.6) is 0 Å². The largest absolute Gasteiger partial charge is 0.369 e. The summed E-state index contributed by atoms with van der Waals surface area (Å²) in [5.41, 5.74) is 10.8. The monoisotopic (exact) mass is 652 g/mol. The zero-order valence-corrected chi connectivity index (χ0v) is 27.5. The predicted molar refractivity (Wildman–Crippen MR) is 170 cm³/mol. The molecule has 8 amide bonds. The number of amides is 8. The van der Waals surface area contributed by atoms with Crippen LogP contribution in [0.4, 0.5) is 0 Å². The molecule has 16 heteroatoms. The van der Waals surface area contributed by atoms with Gasteiger partial charge in [0.15, 0.2) is 0 Å². The predicted octanol–water partition coefficient (Wildman–Crippen LogP) is -1.52. The minimum Gasteiger partial charge on any atom is -0.369 e. The maximum atomic E-state index is 13.1. The fraction of sp³-hybridized carbons (Fsp3) is 0.667. The smallest absolute Gasteiger partial charge is 0.244 e. The van der Waals surface area contributed by atoms with Gasteiger partial charge in [-0.15, -0.1) is 0 Å². The highest BCUT2D eigenvalue weighted by molar-refractivity contribution is 5.91. The molecule has 2 atom stereocenters. The lowest BCUT2D eigenvalue weighted by Gasteiger charge is -2.22. The van der Waals surface area contributed by atoms with E-state index in [1.165, 1.54) is 13.8 Å². The van der Waals surface area contributed by atoms with E-state index in [-0.39, 0.29) is 31.3 Å². The number of carbonyl (C=O) groups excluding carboxylic acids is 8. The van der Waals surface area contributed by atoms with Crippen molar-refractivity contribution < 1.29 is 38.4 Å². The van der Waals surface area contributed by atoms with Crippen molar-refractivity contribution in [3.63, 3.8) is 0 Å². The van der Waals surface area contributed by atoms with Gasteiger partial charge in [-0.1, -0.05) is 19.4 Å². The lowest BCUT2D eigenvalue weighted by atomic mass is 10.0. The first-order valence-electron chi connectivity index (χ1n) is 15.5. The normalized spacial score (nSPS) is 12.2. The van der Waals surface area contributed by atoms with Crippen LogP contribution in [0.2, 0.25) is 0 Å².